The Balaban J connectivity index is 2.64. The van der Waals surface area contributed by atoms with Gasteiger partial charge in [0.2, 0.25) is 0 Å². The Kier molecular flexibility index (Phi) is 6.30. The van der Waals surface area contributed by atoms with Gasteiger partial charge in [-0.3, -0.25) is 0 Å². The van der Waals surface area contributed by atoms with Crippen LogP contribution in [0, 0.1) is 0 Å². The number of hydrogen-bond acceptors (Lipinski definition) is 3. The summed E-state index contributed by atoms with van der Waals surface area (Å²) in [5, 5.41) is 10.00. The quantitative estimate of drug-likeness (QED) is 0.768. The number of aromatic hydroxyl groups is 1. The predicted octanol–water partition coefficient (Wildman–Crippen LogP) is 3.68. The van der Waals surface area contributed by atoms with Gasteiger partial charge in [-0.05, 0) is 37.7 Å². The van der Waals surface area contributed by atoms with Crippen molar-refractivity contribution in [2.45, 2.75) is 32.7 Å². The Morgan fingerprint density at radius 2 is 2.06 bits per heavy atom. The highest BCUT2D eigenvalue weighted by atomic mass is 35.5. The summed E-state index contributed by atoms with van der Waals surface area (Å²) >= 11 is 5.96. The van der Waals surface area contributed by atoms with Crippen molar-refractivity contribution in [1.82, 2.24) is 4.90 Å². The number of hydrogen-bond donors (Lipinski definition) is 1. The van der Waals surface area contributed by atoms with Crippen LogP contribution < -0.4 is 4.74 Å². The van der Waals surface area contributed by atoms with Crippen molar-refractivity contribution in [1.29, 1.82) is 0 Å². The van der Waals surface area contributed by atoms with Gasteiger partial charge < -0.3 is 14.7 Å². The lowest BCUT2D eigenvalue weighted by atomic mass is 10.1. The molecule has 0 aliphatic rings. The molecular weight excluding hydrogens is 250 g/mol. The van der Waals surface area contributed by atoms with Gasteiger partial charge in [0, 0.05) is 6.54 Å². The van der Waals surface area contributed by atoms with Crippen molar-refractivity contribution in [2.24, 2.45) is 0 Å². The van der Waals surface area contributed by atoms with E-state index in [0.29, 0.717) is 10.8 Å². The van der Waals surface area contributed by atoms with Crippen LogP contribution in [-0.4, -0.2) is 30.7 Å². The summed E-state index contributed by atoms with van der Waals surface area (Å²) < 4.78 is 5.09. The molecule has 0 saturated heterocycles. The second-order valence-corrected chi connectivity index (χ2v) is 4.98. The molecule has 0 aromatic heterocycles. The third kappa shape index (κ3) is 4.39. The van der Waals surface area contributed by atoms with Crippen LogP contribution in [0.15, 0.2) is 12.1 Å². The summed E-state index contributed by atoms with van der Waals surface area (Å²) in [6.45, 7) is 4.07. The van der Waals surface area contributed by atoms with Gasteiger partial charge in [0.25, 0.3) is 0 Å². The van der Waals surface area contributed by atoms with Crippen LogP contribution in [0.3, 0.4) is 0 Å². The van der Waals surface area contributed by atoms with Crippen LogP contribution in [0.2, 0.25) is 5.02 Å². The zero-order valence-electron chi connectivity index (χ0n) is 11.4. The number of benzene rings is 1. The summed E-state index contributed by atoms with van der Waals surface area (Å²) in [4.78, 5) is 2.25. The number of phenolic OH excluding ortho intramolecular Hbond substituents is 1. The summed E-state index contributed by atoms with van der Waals surface area (Å²) in [6.07, 6.45) is 3.69. The molecule has 1 rings (SSSR count). The molecule has 102 valence electrons. The maximum atomic E-state index is 9.66. The topological polar surface area (TPSA) is 32.7 Å². The first-order chi connectivity index (χ1) is 8.58. The highest BCUT2D eigenvalue weighted by Gasteiger charge is 2.10. The van der Waals surface area contributed by atoms with E-state index in [-0.39, 0.29) is 5.75 Å². The average Bonchev–Trinajstić information content (AvgIpc) is 2.34. The fourth-order valence-electron chi connectivity index (χ4n) is 1.90. The minimum Gasteiger partial charge on any atom is -0.503 e. The van der Waals surface area contributed by atoms with E-state index in [1.807, 2.05) is 6.07 Å². The molecule has 1 N–H and O–H groups in total. The van der Waals surface area contributed by atoms with Crippen molar-refractivity contribution < 1.29 is 9.84 Å². The fourth-order valence-corrected chi connectivity index (χ4v) is 2.13. The average molecular weight is 272 g/mol. The minimum atomic E-state index is 0.0107. The monoisotopic (exact) mass is 271 g/mol. The highest BCUT2D eigenvalue weighted by molar-refractivity contribution is 6.32. The van der Waals surface area contributed by atoms with Crippen LogP contribution in [0.5, 0.6) is 11.5 Å². The summed E-state index contributed by atoms with van der Waals surface area (Å²) in [6, 6.07) is 3.62. The molecule has 0 radical (unpaired) electrons. The number of halogens is 1. The van der Waals surface area contributed by atoms with Gasteiger partial charge in [-0.15, -0.1) is 0 Å². The molecule has 1 aromatic carbocycles. The van der Waals surface area contributed by atoms with Crippen molar-refractivity contribution in [3.8, 4) is 11.5 Å². The Morgan fingerprint density at radius 1 is 1.33 bits per heavy atom. The molecule has 0 spiro atoms. The van der Waals surface area contributed by atoms with E-state index in [9.17, 15) is 5.11 Å². The molecule has 0 aliphatic heterocycles. The third-order valence-corrected chi connectivity index (χ3v) is 3.19. The number of nitrogens with zero attached hydrogens (tertiary/aromatic N) is 1. The number of unbranched alkanes of at least 4 members (excludes halogenated alkanes) is 2. The number of methoxy groups -OCH3 is 1. The first kappa shape index (κ1) is 15.1. The second kappa shape index (κ2) is 7.49. The standard InChI is InChI=1S/C14H22ClNO2/c1-4-5-6-7-16(2)10-11-8-12(15)14(17)13(9-11)18-3/h8-9,17H,4-7,10H2,1-3H3. The van der Waals surface area contributed by atoms with E-state index >= 15 is 0 Å². The summed E-state index contributed by atoms with van der Waals surface area (Å²) in [5.74, 6) is 0.441. The van der Waals surface area contributed by atoms with E-state index in [0.717, 1.165) is 18.7 Å². The molecule has 0 amide bonds. The van der Waals surface area contributed by atoms with Crippen molar-refractivity contribution in [3.63, 3.8) is 0 Å². The molecule has 18 heavy (non-hydrogen) atoms. The molecule has 4 heteroatoms. The van der Waals surface area contributed by atoms with Crippen molar-refractivity contribution in [2.75, 3.05) is 20.7 Å². The van der Waals surface area contributed by atoms with Gasteiger partial charge >= 0.3 is 0 Å². The zero-order chi connectivity index (χ0) is 13.5. The Morgan fingerprint density at radius 3 is 2.67 bits per heavy atom. The maximum absolute atomic E-state index is 9.66. The van der Waals surface area contributed by atoms with Crippen LogP contribution >= 0.6 is 11.6 Å². The molecule has 0 saturated carbocycles. The maximum Gasteiger partial charge on any atom is 0.176 e. The smallest absolute Gasteiger partial charge is 0.176 e. The third-order valence-electron chi connectivity index (χ3n) is 2.90. The minimum absolute atomic E-state index is 0.0107. The Hall–Kier alpha value is -0.930. The molecule has 0 atom stereocenters. The van der Waals surface area contributed by atoms with Gasteiger partial charge in [-0.25, -0.2) is 0 Å². The summed E-state index contributed by atoms with van der Waals surface area (Å²) in [7, 11) is 3.61. The molecule has 0 bridgehead atoms. The van der Waals surface area contributed by atoms with Crippen molar-refractivity contribution in [3.05, 3.63) is 22.7 Å². The van der Waals surface area contributed by atoms with E-state index in [1.54, 1.807) is 6.07 Å². The Bertz CT molecular complexity index is 382. The van der Waals surface area contributed by atoms with E-state index in [2.05, 4.69) is 18.9 Å². The van der Waals surface area contributed by atoms with Crippen LogP contribution in [0.4, 0.5) is 0 Å². The van der Waals surface area contributed by atoms with E-state index in [4.69, 9.17) is 16.3 Å². The summed E-state index contributed by atoms with van der Waals surface area (Å²) in [5.41, 5.74) is 1.05. The first-order valence-corrected chi connectivity index (χ1v) is 6.70. The lowest BCUT2D eigenvalue weighted by Crippen LogP contribution is -2.19. The van der Waals surface area contributed by atoms with Gasteiger partial charge in [-0.1, -0.05) is 31.4 Å². The molecule has 0 heterocycles. The number of ether oxygens (including phenoxy) is 1. The SMILES string of the molecule is CCCCCN(C)Cc1cc(Cl)c(O)c(OC)c1. The normalized spacial score (nSPS) is 10.9. The van der Waals surface area contributed by atoms with E-state index in [1.165, 1.54) is 26.4 Å². The van der Waals surface area contributed by atoms with Gasteiger partial charge in [0.05, 0.1) is 12.1 Å². The lowest BCUT2D eigenvalue weighted by Gasteiger charge is -2.17. The van der Waals surface area contributed by atoms with Gasteiger partial charge in [-0.2, -0.15) is 0 Å². The zero-order valence-corrected chi connectivity index (χ0v) is 12.1. The van der Waals surface area contributed by atoms with Gasteiger partial charge in [0.15, 0.2) is 11.5 Å². The van der Waals surface area contributed by atoms with Crippen molar-refractivity contribution >= 4 is 11.6 Å². The molecule has 0 unspecified atom stereocenters. The van der Waals surface area contributed by atoms with Gasteiger partial charge in [0.1, 0.15) is 0 Å². The lowest BCUT2D eigenvalue weighted by molar-refractivity contribution is 0.316. The number of phenols is 1. The second-order valence-electron chi connectivity index (χ2n) is 4.57. The largest absolute Gasteiger partial charge is 0.503 e. The fraction of sp³-hybridized carbons (Fsp3) is 0.571. The number of rotatable bonds is 7. The van der Waals surface area contributed by atoms with Crippen LogP contribution in [0.1, 0.15) is 31.7 Å². The van der Waals surface area contributed by atoms with E-state index < -0.39 is 0 Å². The molecule has 3 nitrogen and oxygen atoms in total. The Labute approximate surface area is 114 Å². The molecule has 1 aromatic rings. The highest BCUT2D eigenvalue weighted by Crippen LogP contribution is 2.35. The van der Waals surface area contributed by atoms with Crippen LogP contribution in [-0.2, 0) is 6.54 Å². The molecular formula is C14H22ClNO2. The molecule has 0 aliphatic carbocycles. The molecule has 0 fully saturated rings. The first-order valence-electron chi connectivity index (χ1n) is 6.32. The van der Waals surface area contributed by atoms with Crippen LogP contribution in [0.25, 0.3) is 0 Å². The predicted molar refractivity (Wildman–Crippen MR) is 75.5 cm³/mol.